The maximum Gasteiger partial charge on any atom is 0.270 e. The van der Waals surface area contributed by atoms with Crippen molar-refractivity contribution in [2.45, 2.75) is 93.7 Å². The zero-order valence-electron chi connectivity index (χ0n) is 33.4. The number of aromatic amines is 1. The van der Waals surface area contributed by atoms with Crippen molar-refractivity contribution < 1.29 is 28.2 Å². The maximum absolute atomic E-state index is 13.8. The molecule has 2 saturated heterocycles. The van der Waals surface area contributed by atoms with E-state index >= 15 is 0 Å². The molecule has 4 aliphatic rings. The molecule has 2 aromatic carbocycles. The lowest BCUT2D eigenvalue weighted by atomic mass is 9.60. The number of aromatic hydroxyl groups is 1. The minimum Gasteiger partial charge on any atom is -0.506 e. The number of hydrogen-bond donors (Lipinski definition) is 5. The number of H-pyrrole nitrogens is 1. The molecular weight excluding hydrogens is 767 g/mol. The quantitative estimate of drug-likeness (QED) is 0.0835. The first-order valence-electron chi connectivity index (χ1n) is 21.0. The number of nitrogens with one attached hydrogen (secondary N) is 3. The van der Waals surface area contributed by atoms with Crippen molar-refractivity contribution >= 4 is 38.5 Å². The Morgan fingerprint density at radius 1 is 0.949 bits per heavy atom. The van der Waals surface area contributed by atoms with Gasteiger partial charge in [-0.25, -0.2) is 23.1 Å². The molecule has 5 N–H and O–H groups in total. The van der Waals surface area contributed by atoms with Gasteiger partial charge in [-0.2, -0.15) is 0 Å². The standard InChI is InChI=1S/C45H53N7O6S/c1-44(55)14-11-30(12-15-44)27-47-37-10-9-35(23-39(37)53)59(56,57)50-43(54)36-29-48-41(24-40(36)58-34-22-32-13-18-46-42(32)49-28-34)51-20-16-45(17-21-51)25-33(26-45)52-19-5-8-38(52)31-6-3-2-4-7-31/h2-4,6-7,9-10,13,18,22-24,28-30,33,38,47,53,55H,5,8,11-12,14-17,19-21,25-27H2,1H3,(H,46,49)(H,50,54)/t30-,38?,44-. The van der Waals surface area contributed by atoms with Gasteiger partial charge >= 0.3 is 0 Å². The first-order valence-corrected chi connectivity index (χ1v) is 22.4. The first kappa shape index (κ1) is 39.3. The number of hydrogen-bond acceptors (Lipinski definition) is 11. The van der Waals surface area contributed by atoms with Crippen molar-refractivity contribution in [2.75, 3.05) is 36.4 Å². The highest BCUT2D eigenvalue weighted by Crippen LogP contribution is 2.54. The summed E-state index contributed by atoms with van der Waals surface area (Å²) in [6.45, 7) is 5.22. The molecule has 1 spiro atoms. The summed E-state index contributed by atoms with van der Waals surface area (Å²) in [5.41, 5.74) is 2.11. The molecule has 3 aromatic heterocycles. The summed E-state index contributed by atoms with van der Waals surface area (Å²) in [4.78, 5) is 30.7. The first-order chi connectivity index (χ1) is 28.4. The molecule has 59 heavy (non-hydrogen) atoms. The van der Waals surface area contributed by atoms with E-state index in [4.69, 9.17) is 4.74 Å². The van der Waals surface area contributed by atoms with Crippen molar-refractivity contribution in [2.24, 2.45) is 11.3 Å². The number of aromatic nitrogens is 3. The van der Waals surface area contributed by atoms with Crippen LogP contribution in [0.2, 0.25) is 0 Å². The Hall–Kier alpha value is -5.18. The number of rotatable bonds is 11. The van der Waals surface area contributed by atoms with Crippen LogP contribution in [0.3, 0.4) is 0 Å². The number of nitrogens with zero attached hydrogens (tertiary/aromatic N) is 4. The number of benzene rings is 2. The van der Waals surface area contributed by atoms with E-state index in [1.54, 1.807) is 24.5 Å². The maximum atomic E-state index is 13.8. The lowest BCUT2D eigenvalue weighted by molar-refractivity contribution is -0.0227. The van der Waals surface area contributed by atoms with Crippen molar-refractivity contribution in [3.8, 4) is 17.2 Å². The van der Waals surface area contributed by atoms with Crippen molar-refractivity contribution in [3.05, 3.63) is 96.4 Å². The second-order valence-electron chi connectivity index (χ2n) is 17.5. The number of phenolic OH excluding ortho intramolecular Hbond substituents is 1. The van der Waals surface area contributed by atoms with Crippen LogP contribution in [0.25, 0.3) is 11.0 Å². The molecular formula is C45H53N7O6S. The fourth-order valence-electron chi connectivity index (χ4n) is 9.83. The molecule has 2 aliphatic carbocycles. The summed E-state index contributed by atoms with van der Waals surface area (Å²) in [6.07, 6.45) is 14.8. The third-order valence-corrected chi connectivity index (χ3v) is 14.7. The van der Waals surface area contributed by atoms with E-state index in [0.29, 0.717) is 65.7 Å². The van der Waals surface area contributed by atoms with Crippen LogP contribution in [-0.4, -0.2) is 82.2 Å². The predicted octanol–water partition coefficient (Wildman–Crippen LogP) is 7.51. The van der Waals surface area contributed by atoms with E-state index < -0.39 is 21.5 Å². The highest BCUT2D eigenvalue weighted by atomic mass is 32.2. The molecule has 14 heteroatoms. The van der Waals surface area contributed by atoms with Gasteiger partial charge in [0, 0.05) is 61.6 Å². The number of carbonyl (C=O) groups is 1. The number of carbonyl (C=O) groups excluding carboxylic acids is 1. The number of phenols is 1. The molecule has 1 unspecified atom stereocenters. The van der Waals surface area contributed by atoms with Gasteiger partial charge < -0.3 is 30.2 Å². The minimum atomic E-state index is -4.41. The molecule has 310 valence electrons. The Labute approximate surface area is 345 Å². The molecule has 9 rings (SSSR count). The Morgan fingerprint density at radius 3 is 2.49 bits per heavy atom. The largest absolute Gasteiger partial charge is 0.506 e. The van der Waals surface area contributed by atoms with Crippen LogP contribution in [0, 0.1) is 11.3 Å². The van der Waals surface area contributed by atoms with E-state index in [0.717, 1.165) is 56.8 Å². The second-order valence-corrected chi connectivity index (χ2v) is 19.2. The molecule has 0 radical (unpaired) electrons. The summed E-state index contributed by atoms with van der Waals surface area (Å²) in [6, 6.07) is 21.4. The van der Waals surface area contributed by atoms with Crippen LogP contribution in [0.4, 0.5) is 11.5 Å². The highest BCUT2D eigenvalue weighted by Gasteiger charge is 2.50. The van der Waals surface area contributed by atoms with Crippen LogP contribution in [0.15, 0.2) is 90.2 Å². The SMILES string of the molecule is C[C@]1(O)CC[C@H](CNc2ccc(S(=O)(=O)NC(=O)c3cnc(N4CCC5(CC4)CC(N4CCCC4c4ccccc4)C5)cc3Oc3cnc4[nH]ccc4c3)cc2O)CC1. The van der Waals surface area contributed by atoms with Gasteiger partial charge in [0.25, 0.3) is 15.9 Å². The normalized spacial score (nSPS) is 23.6. The lowest BCUT2D eigenvalue weighted by Gasteiger charge is -2.55. The number of sulfonamides is 1. The zero-order valence-corrected chi connectivity index (χ0v) is 34.3. The molecule has 2 saturated carbocycles. The van der Waals surface area contributed by atoms with Gasteiger partial charge in [0.2, 0.25) is 0 Å². The number of fused-ring (bicyclic) bond motifs is 1. The van der Waals surface area contributed by atoms with Crippen LogP contribution in [0.1, 0.15) is 93.1 Å². The smallest absolute Gasteiger partial charge is 0.270 e. The van der Waals surface area contributed by atoms with Gasteiger partial charge in [0.15, 0.2) is 0 Å². The lowest BCUT2D eigenvalue weighted by Crippen LogP contribution is -2.55. The Morgan fingerprint density at radius 2 is 1.73 bits per heavy atom. The number of anilines is 2. The average Bonchev–Trinajstić information content (AvgIpc) is 3.90. The van der Waals surface area contributed by atoms with E-state index in [2.05, 4.69) is 65.1 Å². The van der Waals surface area contributed by atoms with Gasteiger partial charge in [-0.15, -0.1) is 0 Å². The van der Waals surface area contributed by atoms with Gasteiger partial charge in [-0.3, -0.25) is 9.69 Å². The minimum absolute atomic E-state index is 0.0608. The molecule has 2 aliphatic heterocycles. The predicted molar refractivity (Wildman–Crippen MR) is 226 cm³/mol. The molecule has 5 aromatic rings. The molecule has 5 heterocycles. The fourth-order valence-corrected chi connectivity index (χ4v) is 10.8. The summed E-state index contributed by atoms with van der Waals surface area (Å²) >= 11 is 0. The van der Waals surface area contributed by atoms with Crippen molar-refractivity contribution in [1.82, 2.24) is 24.6 Å². The van der Waals surface area contributed by atoms with Crippen molar-refractivity contribution in [3.63, 3.8) is 0 Å². The Balaban J connectivity index is 0.881. The number of aliphatic hydroxyl groups is 1. The summed E-state index contributed by atoms with van der Waals surface area (Å²) in [5.74, 6) is 0.334. The van der Waals surface area contributed by atoms with E-state index in [9.17, 15) is 23.4 Å². The fraction of sp³-hybridized carbons (Fsp3) is 0.444. The molecule has 1 amide bonds. The number of pyridine rings is 2. The van der Waals surface area contributed by atoms with Crippen LogP contribution in [0.5, 0.6) is 17.2 Å². The van der Waals surface area contributed by atoms with Gasteiger partial charge in [-0.05, 0) is 119 Å². The van der Waals surface area contributed by atoms with Crippen molar-refractivity contribution in [1.29, 1.82) is 0 Å². The highest BCUT2D eigenvalue weighted by molar-refractivity contribution is 7.90. The number of piperidine rings is 1. The third kappa shape index (κ3) is 8.35. The topological polar surface area (TPSA) is 173 Å². The summed E-state index contributed by atoms with van der Waals surface area (Å²) in [7, 11) is -4.41. The zero-order chi connectivity index (χ0) is 40.8. The second kappa shape index (κ2) is 15.8. The van der Waals surface area contributed by atoms with Crippen LogP contribution < -0.4 is 19.7 Å². The Bertz CT molecular complexity index is 2410. The average molecular weight is 820 g/mol. The number of amides is 1. The molecule has 13 nitrogen and oxygen atoms in total. The Kier molecular flexibility index (Phi) is 10.5. The van der Waals surface area contributed by atoms with Crippen LogP contribution in [-0.2, 0) is 10.0 Å². The summed E-state index contributed by atoms with van der Waals surface area (Å²) in [5, 5.41) is 25.1. The third-order valence-electron chi connectivity index (χ3n) is 13.4. The summed E-state index contributed by atoms with van der Waals surface area (Å²) < 4.78 is 35.6. The van der Waals surface area contributed by atoms with E-state index in [1.165, 1.54) is 49.6 Å². The van der Waals surface area contributed by atoms with Gasteiger partial charge in [0.1, 0.15) is 34.3 Å². The molecule has 1 atom stereocenters. The van der Waals surface area contributed by atoms with E-state index in [-0.39, 0.29) is 22.0 Å². The monoisotopic (exact) mass is 819 g/mol. The van der Waals surface area contributed by atoms with E-state index in [1.807, 2.05) is 13.0 Å². The number of ether oxygens (including phenoxy) is 1. The number of likely N-dealkylation sites (tertiary alicyclic amines) is 1. The van der Waals surface area contributed by atoms with Crippen LogP contribution >= 0.6 is 0 Å². The van der Waals surface area contributed by atoms with Gasteiger partial charge in [0.05, 0.1) is 22.4 Å². The van der Waals surface area contributed by atoms with Gasteiger partial charge in [-0.1, -0.05) is 30.3 Å². The molecule has 0 bridgehead atoms. The molecule has 4 fully saturated rings.